The van der Waals surface area contributed by atoms with E-state index in [9.17, 15) is 4.79 Å². The molecular formula is C17H18Cl2N3O2+. The second-order valence-corrected chi connectivity index (χ2v) is 6.32. The van der Waals surface area contributed by atoms with Gasteiger partial charge in [-0.2, -0.15) is 0 Å². The fourth-order valence-electron chi connectivity index (χ4n) is 2.82. The SMILES string of the molecule is COc1c(Cl)cc(C(=O)N2CCN(c3cc[nH+]cc3)CC2)cc1Cl. The first-order valence-corrected chi connectivity index (χ1v) is 8.39. The monoisotopic (exact) mass is 366 g/mol. The predicted octanol–water partition coefficient (Wildman–Crippen LogP) is 2.78. The van der Waals surface area contributed by atoms with Crippen LogP contribution in [0.25, 0.3) is 0 Å². The summed E-state index contributed by atoms with van der Waals surface area (Å²) in [6.07, 6.45) is 3.79. The molecule has 126 valence electrons. The molecule has 0 saturated carbocycles. The summed E-state index contributed by atoms with van der Waals surface area (Å²) in [6, 6.07) is 7.27. The van der Waals surface area contributed by atoms with Crippen LogP contribution in [0.5, 0.6) is 5.75 Å². The molecule has 0 unspecified atom stereocenters. The summed E-state index contributed by atoms with van der Waals surface area (Å²) < 4.78 is 5.12. The predicted molar refractivity (Wildman–Crippen MR) is 94.1 cm³/mol. The lowest BCUT2D eigenvalue weighted by Crippen LogP contribution is -2.48. The molecule has 0 spiro atoms. The number of hydrogen-bond acceptors (Lipinski definition) is 3. The van der Waals surface area contributed by atoms with Gasteiger partial charge >= 0.3 is 0 Å². The number of rotatable bonds is 3. The average Bonchev–Trinajstić information content (AvgIpc) is 2.62. The Labute approximate surface area is 150 Å². The molecule has 1 saturated heterocycles. The first kappa shape index (κ1) is 16.9. The van der Waals surface area contributed by atoms with Crippen LogP contribution >= 0.6 is 23.2 Å². The average molecular weight is 367 g/mol. The van der Waals surface area contributed by atoms with Crippen molar-refractivity contribution >= 4 is 34.8 Å². The molecule has 2 heterocycles. The largest absolute Gasteiger partial charge is 0.494 e. The van der Waals surface area contributed by atoms with Crippen molar-refractivity contribution in [2.75, 3.05) is 38.2 Å². The smallest absolute Gasteiger partial charge is 0.254 e. The van der Waals surface area contributed by atoms with E-state index in [0.29, 0.717) is 34.4 Å². The number of benzene rings is 1. The Hall–Kier alpha value is -1.98. The number of amides is 1. The van der Waals surface area contributed by atoms with Crippen LogP contribution in [0, 0.1) is 0 Å². The van der Waals surface area contributed by atoms with Gasteiger partial charge in [-0.25, -0.2) is 4.98 Å². The van der Waals surface area contributed by atoms with E-state index in [-0.39, 0.29) is 5.91 Å². The highest BCUT2D eigenvalue weighted by molar-refractivity contribution is 6.37. The van der Waals surface area contributed by atoms with E-state index in [4.69, 9.17) is 27.9 Å². The van der Waals surface area contributed by atoms with Gasteiger partial charge in [0.05, 0.1) is 17.2 Å². The van der Waals surface area contributed by atoms with Gasteiger partial charge in [-0.3, -0.25) is 4.79 Å². The molecule has 0 atom stereocenters. The molecule has 2 aromatic rings. The number of halogens is 2. The van der Waals surface area contributed by atoms with Crippen LogP contribution in [0.15, 0.2) is 36.7 Å². The molecule has 0 aliphatic carbocycles. The molecule has 7 heteroatoms. The second-order valence-electron chi connectivity index (χ2n) is 5.51. The summed E-state index contributed by atoms with van der Waals surface area (Å²) in [7, 11) is 1.50. The lowest BCUT2D eigenvalue weighted by atomic mass is 10.1. The number of aromatic nitrogens is 1. The van der Waals surface area contributed by atoms with Gasteiger partial charge in [0.2, 0.25) is 0 Å². The van der Waals surface area contributed by atoms with Gasteiger partial charge in [0, 0.05) is 49.6 Å². The highest BCUT2D eigenvalue weighted by Crippen LogP contribution is 2.34. The molecule has 3 rings (SSSR count). The Morgan fingerprint density at radius 3 is 2.21 bits per heavy atom. The maximum atomic E-state index is 12.7. The molecule has 1 fully saturated rings. The van der Waals surface area contributed by atoms with Crippen LogP contribution in [0.2, 0.25) is 10.0 Å². The fourth-order valence-corrected chi connectivity index (χ4v) is 3.46. The van der Waals surface area contributed by atoms with Gasteiger partial charge in [0.25, 0.3) is 5.91 Å². The van der Waals surface area contributed by atoms with Gasteiger partial charge in [-0.15, -0.1) is 0 Å². The highest BCUT2D eigenvalue weighted by Gasteiger charge is 2.24. The summed E-state index contributed by atoms with van der Waals surface area (Å²) in [6.45, 7) is 2.87. The standard InChI is InChI=1S/C17H17Cl2N3O2/c1-24-16-14(18)10-12(11-15(16)19)17(23)22-8-6-21(7-9-22)13-2-4-20-5-3-13/h2-5,10-11H,6-9H2,1H3/p+1. The van der Waals surface area contributed by atoms with Crippen LogP contribution in [0.3, 0.4) is 0 Å². The number of hydrogen-bond donors (Lipinski definition) is 0. The lowest BCUT2D eigenvalue weighted by Gasteiger charge is -2.35. The summed E-state index contributed by atoms with van der Waals surface area (Å²) in [4.78, 5) is 19.8. The number of piperazine rings is 1. The second kappa shape index (κ2) is 7.28. The first-order valence-electron chi connectivity index (χ1n) is 7.63. The Kier molecular flexibility index (Phi) is 5.11. The van der Waals surface area contributed by atoms with Gasteiger partial charge in [0.1, 0.15) is 0 Å². The summed E-state index contributed by atoms with van der Waals surface area (Å²) in [5, 5.41) is 0.681. The molecule has 1 aliphatic rings. The third kappa shape index (κ3) is 3.42. The number of H-pyrrole nitrogens is 1. The summed E-state index contributed by atoms with van der Waals surface area (Å²) >= 11 is 12.3. The van der Waals surface area contributed by atoms with Crippen LogP contribution in [-0.4, -0.2) is 44.1 Å². The van der Waals surface area contributed by atoms with E-state index in [1.54, 1.807) is 12.1 Å². The van der Waals surface area contributed by atoms with Crippen molar-refractivity contribution in [1.82, 2.24) is 4.90 Å². The topological polar surface area (TPSA) is 46.9 Å². The number of nitrogens with zero attached hydrogens (tertiary/aromatic N) is 2. The third-order valence-corrected chi connectivity index (χ3v) is 4.64. The molecule has 1 amide bonds. The van der Waals surface area contributed by atoms with E-state index in [2.05, 4.69) is 9.88 Å². The number of nitrogens with one attached hydrogen (secondary N) is 1. The number of aromatic amines is 1. The molecule has 1 aromatic carbocycles. The molecule has 0 bridgehead atoms. The summed E-state index contributed by atoms with van der Waals surface area (Å²) in [5.74, 6) is 0.322. The van der Waals surface area contributed by atoms with Crippen molar-refractivity contribution in [2.45, 2.75) is 0 Å². The first-order chi connectivity index (χ1) is 11.6. The van der Waals surface area contributed by atoms with Crippen molar-refractivity contribution in [1.29, 1.82) is 0 Å². The van der Waals surface area contributed by atoms with Gasteiger partial charge in [-0.05, 0) is 12.1 Å². The van der Waals surface area contributed by atoms with Crippen molar-refractivity contribution in [2.24, 2.45) is 0 Å². The molecule has 5 nitrogen and oxygen atoms in total. The molecule has 1 aromatic heterocycles. The van der Waals surface area contributed by atoms with Crippen LogP contribution < -0.4 is 14.6 Å². The minimum atomic E-state index is -0.0671. The van der Waals surface area contributed by atoms with Crippen LogP contribution in [0.1, 0.15) is 10.4 Å². The van der Waals surface area contributed by atoms with E-state index in [0.717, 1.165) is 18.8 Å². The Morgan fingerprint density at radius 2 is 1.67 bits per heavy atom. The van der Waals surface area contributed by atoms with Crippen molar-refractivity contribution < 1.29 is 14.5 Å². The highest BCUT2D eigenvalue weighted by atomic mass is 35.5. The molecule has 1 N–H and O–H groups in total. The van der Waals surface area contributed by atoms with E-state index >= 15 is 0 Å². The quantitative estimate of drug-likeness (QED) is 0.838. The number of ether oxygens (including phenoxy) is 1. The Bertz CT molecular complexity index is 709. The van der Waals surface area contributed by atoms with Crippen molar-refractivity contribution in [3.05, 3.63) is 52.3 Å². The minimum absolute atomic E-state index is 0.0671. The molecule has 24 heavy (non-hydrogen) atoms. The number of carbonyl (C=O) groups excluding carboxylic acids is 1. The molecular weight excluding hydrogens is 349 g/mol. The molecule has 1 aliphatic heterocycles. The Balaban J connectivity index is 1.69. The zero-order valence-electron chi connectivity index (χ0n) is 13.3. The van der Waals surface area contributed by atoms with Gasteiger partial charge in [0.15, 0.2) is 18.1 Å². The Morgan fingerprint density at radius 1 is 1.08 bits per heavy atom. The maximum absolute atomic E-state index is 12.7. The van der Waals surface area contributed by atoms with E-state index in [1.165, 1.54) is 7.11 Å². The van der Waals surface area contributed by atoms with Crippen molar-refractivity contribution in [3.8, 4) is 5.75 Å². The van der Waals surface area contributed by atoms with Gasteiger partial charge in [-0.1, -0.05) is 23.2 Å². The zero-order chi connectivity index (χ0) is 17.1. The number of anilines is 1. The third-order valence-electron chi connectivity index (χ3n) is 4.08. The van der Waals surface area contributed by atoms with Crippen LogP contribution in [-0.2, 0) is 0 Å². The molecule has 0 radical (unpaired) electrons. The normalized spacial score (nSPS) is 14.6. The number of methoxy groups -OCH3 is 1. The van der Waals surface area contributed by atoms with E-state index in [1.807, 2.05) is 29.4 Å². The van der Waals surface area contributed by atoms with Gasteiger partial charge < -0.3 is 14.5 Å². The fraction of sp³-hybridized carbons (Fsp3) is 0.294. The lowest BCUT2D eigenvalue weighted by molar-refractivity contribution is -0.377. The minimum Gasteiger partial charge on any atom is -0.494 e. The van der Waals surface area contributed by atoms with Crippen LogP contribution in [0.4, 0.5) is 5.69 Å². The van der Waals surface area contributed by atoms with E-state index < -0.39 is 0 Å². The maximum Gasteiger partial charge on any atom is 0.254 e. The zero-order valence-corrected chi connectivity index (χ0v) is 14.8. The summed E-state index contributed by atoms with van der Waals surface area (Å²) in [5.41, 5.74) is 1.63. The number of pyridine rings is 1. The van der Waals surface area contributed by atoms with Crippen molar-refractivity contribution in [3.63, 3.8) is 0 Å². The number of carbonyl (C=O) groups is 1.